The first-order valence-electron chi connectivity index (χ1n) is 8.91. The maximum atomic E-state index is 3.80. The van der Waals surface area contributed by atoms with Gasteiger partial charge in [-0.25, -0.2) is 0 Å². The van der Waals surface area contributed by atoms with Gasteiger partial charge in [0.2, 0.25) is 0 Å². The van der Waals surface area contributed by atoms with Crippen LogP contribution >= 0.6 is 27.3 Å². The van der Waals surface area contributed by atoms with E-state index in [1.165, 1.54) is 47.7 Å². The fourth-order valence-corrected chi connectivity index (χ4v) is 5.90. The van der Waals surface area contributed by atoms with E-state index in [1.807, 2.05) is 11.3 Å². The normalized spacial score (nSPS) is 11.9. The summed E-state index contributed by atoms with van der Waals surface area (Å²) in [5.74, 6) is 0. The lowest BCUT2D eigenvalue weighted by Crippen LogP contribution is -1.93. The highest BCUT2D eigenvalue weighted by atomic mass is 79.9. The summed E-state index contributed by atoms with van der Waals surface area (Å²) in [7, 11) is 0. The Morgan fingerprint density at radius 2 is 1.30 bits per heavy atom. The van der Waals surface area contributed by atoms with E-state index in [-0.39, 0.29) is 0 Å². The molecule has 0 radical (unpaired) electrons. The predicted molar refractivity (Wildman–Crippen MR) is 121 cm³/mol. The van der Waals surface area contributed by atoms with Gasteiger partial charge in [-0.1, -0.05) is 60.7 Å². The molecule has 6 rings (SSSR count). The minimum Gasteiger partial charge on any atom is -0.307 e. The summed E-state index contributed by atoms with van der Waals surface area (Å²) in [5, 5.41) is 5.25. The second kappa shape index (κ2) is 5.69. The number of thiophene rings is 1. The summed E-state index contributed by atoms with van der Waals surface area (Å²) in [4.78, 5) is 0. The average Bonchev–Trinajstić information content (AvgIpc) is 3.25. The van der Waals surface area contributed by atoms with Gasteiger partial charge in [0, 0.05) is 36.4 Å². The Kier molecular flexibility index (Phi) is 3.25. The van der Waals surface area contributed by atoms with Gasteiger partial charge < -0.3 is 4.57 Å². The fraction of sp³-hybridized carbons (Fsp3) is 0. The molecule has 3 heteroatoms. The number of hydrogen-bond donors (Lipinski definition) is 0. The van der Waals surface area contributed by atoms with Gasteiger partial charge in [-0.05, 0) is 40.2 Å². The van der Waals surface area contributed by atoms with Crippen LogP contribution < -0.4 is 0 Å². The zero-order valence-electron chi connectivity index (χ0n) is 14.3. The van der Waals surface area contributed by atoms with Crippen molar-refractivity contribution in [2.45, 2.75) is 0 Å². The second-order valence-corrected chi connectivity index (χ2v) is 8.65. The molecule has 0 N–H and O–H groups in total. The van der Waals surface area contributed by atoms with Crippen LogP contribution in [-0.4, -0.2) is 4.57 Å². The lowest BCUT2D eigenvalue weighted by atomic mass is 10.1. The molecular weight excluding hydrogens is 414 g/mol. The van der Waals surface area contributed by atoms with E-state index in [1.54, 1.807) is 0 Å². The summed E-state index contributed by atoms with van der Waals surface area (Å²) in [5.41, 5.74) is 3.71. The Bertz CT molecular complexity index is 1470. The van der Waals surface area contributed by atoms with Crippen molar-refractivity contribution in [3.05, 3.63) is 89.4 Å². The first kappa shape index (κ1) is 15.4. The summed E-state index contributed by atoms with van der Waals surface area (Å²) in [6.07, 6.45) is 0. The molecule has 0 aliphatic carbocycles. The quantitative estimate of drug-likeness (QED) is 0.251. The van der Waals surface area contributed by atoms with Gasteiger partial charge in [0.05, 0.1) is 15.7 Å². The zero-order valence-corrected chi connectivity index (χ0v) is 16.7. The van der Waals surface area contributed by atoms with Crippen LogP contribution in [0.5, 0.6) is 0 Å². The molecule has 0 amide bonds. The third kappa shape index (κ3) is 2.10. The summed E-state index contributed by atoms with van der Waals surface area (Å²) in [6.45, 7) is 0. The van der Waals surface area contributed by atoms with E-state index in [9.17, 15) is 0 Å². The van der Waals surface area contributed by atoms with Gasteiger partial charge in [-0.2, -0.15) is 0 Å². The first-order chi connectivity index (χ1) is 13.3. The Morgan fingerprint density at radius 1 is 0.593 bits per heavy atom. The number of nitrogens with zero attached hydrogens (tertiary/aromatic N) is 1. The average molecular weight is 428 g/mol. The van der Waals surface area contributed by atoms with Crippen LogP contribution in [0.2, 0.25) is 0 Å². The molecule has 6 aromatic rings. The monoisotopic (exact) mass is 427 g/mol. The Hall–Kier alpha value is -2.62. The van der Waals surface area contributed by atoms with Crippen molar-refractivity contribution in [1.29, 1.82) is 0 Å². The van der Waals surface area contributed by atoms with E-state index in [2.05, 4.69) is 105 Å². The van der Waals surface area contributed by atoms with Gasteiger partial charge >= 0.3 is 0 Å². The Labute approximate surface area is 168 Å². The molecule has 0 saturated carbocycles. The number of halogens is 1. The highest BCUT2D eigenvalue weighted by Crippen LogP contribution is 2.44. The van der Waals surface area contributed by atoms with Gasteiger partial charge in [-0.3, -0.25) is 0 Å². The fourth-order valence-electron chi connectivity index (χ4n) is 4.12. The van der Waals surface area contributed by atoms with Crippen LogP contribution in [0.1, 0.15) is 0 Å². The number of para-hydroxylation sites is 2. The van der Waals surface area contributed by atoms with Crippen LogP contribution in [0.4, 0.5) is 0 Å². The van der Waals surface area contributed by atoms with Crippen molar-refractivity contribution in [2.24, 2.45) is 0 Å². The molecule has 0 aliphatic rings. The molecule has 0 fully saturated rings. The van der Waals surface area contributed by atoms with Gasteiger partial charge in [0.1, 0.15) is 0 Å². The van der Waals surface area contributed by atoms with Crippen LogP contribution in [0.15, 0.2) is 89.4 Å². The standard InChI is InChI=1S/C24H14BrNS/c25-20-11-6-10-17-18-13-14-19-16-9-4-5-12-21(16)27-24(19)23(18)26(22(17)20)15-7-2-1-3-8-15/h1-14H. The molecule has 4 aromatic carbocycles. The SMILES string of the molecule is Brc1cccc2c3ccc4c5ccccc5sc4c3n(-c3ccccc3)c12. The highest BCUT2D eigenvalue weighted by molar-refractivity contribution is 9.10. The van der Waals surface area contributed by atoms with Crippen LogP contribution in [0, 0.1) is 0 Å². The van der Waals surface area contributed by atoms with E-state index >= 15 is 0 Å². The molecule has 2 heterocycles. The van der Waals surface area contributed by atoms with E-state index in [0.717, 1.165) is 4.47 Å². The highest BCUT2D eigenvalue weighted by Gasteiger charge is 2.18. The summed E-state index contributed by atoms with van der Waals surface area (Å²) >= 11 is 5.69. The molecule has 0 atom stereocenters. The molecular formula is C24H14BrNS. The van der Waals surface area contributed by atoms with Crippen LogP contribution in [0.3, 0.4) is 0 Å². The van der Waals surface area contributed by atoms with Crippen molar-refractivity contribution >= 4 is 69.2 Å². The van der Waals surface area contributed by atoms with Crippen molar-refractivity contribution in [3.8, 4) is 5.69 Å². The van der Waals surface area contributed by atoms with Crippen molar-refractivity contribution in [1.82, 2.24) is 4.57 Å². The molecule has 0 aliphatic heterocycles. The van der Waals surface area contributed by atoms with Crippen molar-refractivity contribution < 1.29 is 0 Å². The van der Waals surface area contributed by atoms with Gasteiger partial charge in [0.25, 0.3) is 0 Å². The smallest absolute Gasteiger partial charge is 0.0720 e. The summed E-state index contributed by atoms with van der Waals surface area (Å²) in [6, 6.07) is 30.4. The first-order valence-corrected chi connectivity index (χ1v) is 10.5. The molecule has 27 heavy (non-hydrogen) atoms. The minimum absolute atomic E-state index is 1.12. The predicted octanol–water partition coefficient (Wildman–Crippen LogP) is 7.91. The molecule has 0 unspecified atom stereocenters. The van der Waals surface area contributed by atoms with Crippen LogP contribution in [0.25, 0.3) is 47.7 Å². The zero-order chi connectivity index (χ0) is 18.0. The maximum absolute atomic E-state index is 3.80. The van der Waals surface area contributed by atoms with Crippen LogP contribution in [-0.2, 0) is 0 Å². The molecule has 0 saturated heterocycles. The molecule has 2 aromatic heterocycles. The Morgan fingerprint density at radius 3 is 2.19 bits per heavy atom. The number of aromatic nitrogens is 1. The third-order valence-electron chi connectivity index (χ3n) is 5.26. The Balaban J connectivity index is 1.94. The molecule has 128 valence electrons. The number of benzene rings is 4. The van der Waals surface area contributed by atoms with Gasteiger partial charge in [0.15, 0.2) is 0 Å². The van der Waals surface area contributed by atoms with E-state index < -0.39 is 0 Å². The molecule has 0 bridgehead atoms. The molecule has 0 spiro atoms. The van der Waals surface area contributed by atoms with Gasteiger partial charge in [-0.15, -0.1) is 11.3 Å². The maximum Gasteiger partial charge on any atom is 0.0720 e. The number of fused-ring (bicyclic) bond motifs is 7. The number of rotatable bonds is 1. The molecule has 1 nitrogen and oxygen atoms in total. The minimum atomic E-state index is 1.12. The van der Waals surface area contributed by atoms with Crippen molar-refractivity contribution in [2.75, 3.05) is 0 Å². The lowest BCUT2D eigenvalue weighted by Gasteiger charge is -2.09. The lowest BCUT2D eigenvalue weighted by molar-refractivity contribution is 1.18. The van der Waals surface area contributed by atoms with Crippen molar-refractivity contribution in [3.63, 3.8) is 0 Å². The number of hydrogen-bond acceptors (Lipinski definition) is 1. The largest absolute Gasteiger partial charge is 0.307 e. The van der Waals surface area contributed by atoms with E-state index in [0.29, 0.717) is 0 Å². The summed E-state index contributed by atoms with van der Waals surface area (Å²) < 4.78 is 6.21. The second-order valence-electron chi connectivity index (χ2n) is 6.74. The third-order valence-corrected chi connectivity index (χ3v) is 7.09. The topological polar surface area (TPSA) is 4.93 Å². The van der Waals surface area contributed by atoms with E-state index in [4.69, 9.17) is 0 Å².